The van der Waals surface area contributed by atoms with Gasteiger partial charge in [0.15, 0.2) is 0 Å². The minimum absolute atomic E-state index is 0.118. The van der Waals surface area contributed by atoms with Gasteiger partial charge in [-0.15, -0.1) is 0 Å². The second-order valence-electron chi connectivity index (χ2n) is 3.24. The Hall–Kier alpha value is -1.86. The van der Waals surface area contributed by atoms with Gasteiger partial charge in [-0.3, -0.25) is 5.32 Å². The normalized spacial score (nSPS) is 12.1. The van der Waals surface area contributed by atoms with Gasteiger partial charge in [-0.05, 0) is 22.4 Å². The van der Waals surface area contributed by atoms with Crippen LogP contribution in [-0.2, 0) is 0 Å². The molecule has 0 saturated heterocycles. The molecule has 2 aromatic heterocycles. The molecular formula is C10H11N3O3S. The lowest BCUT2D eigenvalue weighted by Gasteiger charge is -2.10. The van der Waals surface area contributed by atoms with E-state index in [1.54, 1.807) is 0 Å². The number of hydrogen-bond donors (Lipinski definition) is 3. The van der Waals surface area contributed by atoms with Crippen molar-refractivity contribution in [2.45, 2.75) is 6.10 Å². The van der Waals surface area contributed by atoms with Crippen LogP contribution in [0.3, 0.4) is 0 Å². The minimum atomic E-state index is -0.712. The van der Waals surface area contributed by atoms with Crippen LogP contribution in [0.15, 0.2) is 33.7 Å². The number of urea groups is 1. The predicted molar refractivity (Wildman–Crippen MR) is 62.8 cm³/mol. The number of aliphatic hydroxyl groups is 1. The van der Waals surface area contributed by atoms with Crippen molar-refractivity contribution in [1.82, 2.24) is 10.3 Å². The van der Waals surface area contributed by atoms with Gasteiger partial charge < -0.3 is 14.8 Å². The van der Waals surface area contributed by atoms with E-state index in [2.05, 4.69) is 15.6 Å². The lowest BCUT2D eigenvalue weighted by molar-refractivity contribution is 0.175. The molecule has 3 N–H and O–H groups in total. The highest BCUT2D eigenvalue weighted by molar-refractivity contribution is 7.07. The van der Waals surface area contributed by atoms with E-state index in [1.807, 2.05) is 16.8 Å². The van der Waals surface area contributed by atoms with Crippen molar-refractivity contribution >= 4 is 23.4 Å². The molecular weight excluding hydrogens is 242 g/mol. The van der Waals surface area contributed by atoms with Crippen molar-refractivity contribution in [3.05, 3.63) is 34.8 Å². The monoisotopic (exact) mass is 253 g/mol. The van der Waals surface area contributed by atoms with E-state index in [1.165, 1.54) is 23.8 Å². The van der Waals surface area contributed by atoms with Gasteiger partial charge in [-0.2, -0.15) is 11.3 Å². The van der Waals surface area contributed by atoms with Crippen LogP contribution in [-0.4, -0.2) is 22.7 Å². The summed E-state index contributed by atoms with van der Waals surface area (Å²) in [6, 6.07) is 1.46. The lowest BCUT2D eigenvalue weighted by atomic mass is 10.2. The van der Waals surface area contributed by atoms with E-state index in [0.29, 0.717) is 0 Å². The summed E-state index contributed by atoms with van der Waals surface area (Å²) in [6.07, 6.45) is 2.07. The number of carbonyl (C=O) groups is 1. The first-order chi connectivity index (χ1) is 8.25. The Morgan fingerprint density at radius 2 is 2.53 bits per heavy atom. The highest BCUT2D eigenvalue weighted by Crippen LogP contribution is 2.15. The maximum Gasteiger partial charge on any atom is 0.322 e. The molecule has 0 aliphatic carbocycles. The molecule has 0 fully saturated rings. The van der Waals surface area contributed by atoms with Gasteiger partial charge in [0.25, 0.3) is 0 Å². The number of anilines is 1. The third-order valence-electron chi connectivity index (χ3n) is 2.04. The first-order valence-corrected chi connectivity index (χ1v) is 5.84. The summed E-state index contributed by atoms with van der Waals surface area (Å²) in [4.78, 5) is 15.1. The molecule has 2 amide bonds. The lowest BCUT2D eigenvalue weighted by Crippen LogP contribution is -2.32. The third kappa shape index (κ3) is 3.30. The number of hydrogen-bond acceptors (Lipinski definition) is 5. The standard InChI is InChI=1S/C10H11N3O3S/c14-8(7-1-4-17-6-7)5-12-9(15)13-10-11-2-3-16-10/h1-4,6,8,14H,5H2,(H2,11,12,13,15)/t8-/m1/s1. The molecule has 7 heteroatoms. The molecule has 0 aromatic carbocycles. The van der Waals surface area contributed by atoms with Crippen molar-refractivity contribution in [1.29, 1.82) is 0 Å². The quantitative estimate of drug-likeness (QED) is 0.772. The van der Waals surface area contributed by atoms with Crippen molar-refractivity contribution in [2.75, 3.05) is 11.9 Å². The van der Waals surface area contributed by atoms with Gasteiger partial charge in [0.1, 0.15) is 6.26 Å². The summed E-state index contributed by atoms with van der Waals surface area (Å²) >= 11 is 1.49. The Bertz CT molecular complexity index is 455. The summed E-state index contributed by atoms with van der Waals surface area (Å²) in [5.41, 5.74) is 0.784. The average molecular weight is 253 g/mol. The molecule has 0 aliphatic rings. The van der Waals surface area contributed by atoms with Gasteiger partial charge in [0.2, 0.25) is 0 Å². The molecule has 2 aromatic rings. The number of nitrogens with one attached hydrogen (secondary N) is 2. The SMILES string of the molecule is O=C(NC[C@@H](O)c1ccsc1)Nc1ncco1. The molecule has 2 heterocycles. The summed E-state index contributed by atoms with van der Waals surface area (Å²) < 4.78 is 4.84. The summed E-state index contributed by atoms with van der Waals surface area (Å²) in [7, 11) is 0. The van der Waals surface area contributed by atoms with E-state index in [9.17, 15) is 9.90 Å². The van der Waals surface area contributed by atoms with Crippen molar-refractivity contribution in [3.8, 4) is 0 Å². The Morgan fingerprint density at radius 3 is 3.18 bits per heavy atom. The van der Waals surface area contributed by atoms with Crippen LogP contribution in [0.25, 0.3) is 0 Å². The molecule has 0 spiro atoms. The van der Waals surface area contributed by atoms with Crippen LogP contribution >= 0.6 is 11.3 Å². The largest absolute Gasteiger partial charge is 0.432 e. The van der Waals surface area contributed by atoms with Crippen molar-refractivity contribution in [2.24, 2.45) is 0 Å². The Labute approximate surface area is 101 Å². The van der Waals surface area contributed by atoms with Crippen LogP contribution in [0.1, 0.15) is 11.7 Å². The first-order valence-electron chi connectivity index (χ1n) is 4.90. The zero-order valence-corrected chi connectivity index (χ0v) is 9.61. The maximum atomic E-state index is 11.4. The number of carbonyl (C=O) groups excluding carboxylic acids is 1. The number of oxazole rings is 1. The highest BCUT2D eigenvalue weighted by Gasteiger charge is 2.10. The maximum absolute atomic E-state index is 11.4. The highest BCUT2D eigenvalue weighted by atomic mass is 32.1. The van der Waals surface area contributed by atoms with E-state index in [0.717, 1.165) is 5.56 Å². The van der Waals surface area contributed by atoms with Crippen LogP contribution in [0, 0.1) is 0 Å². The Morgan fingerprint density at radius 1 is 1.65 bits per heavy atom. The summed E-state index contributed by atoms with van der Waals surface area (Å²) in [5.74, 6) is 0. The number of rotatable bonds is 4. The van der Waals surface area contributed by atoms with Gasteiger partial charge in [-0.25, -0.2) is 9.78 Å². The second kappa shape index (κ2) is 5.46. The molecule has 90 valence electrons. The van der Waals surface area contributed by atoms with E-state index >= 15 is 0 Å². The third-order valence-corrected chi connectivity index (χ3v) is 2.74. The summed E-state index contributed by atoms with van der Waals surface area (Å²) in [6.45, 7) is 0.128. The van der Waals surface area contributed by atoms with Gasteiger partial charge in [0.05, 0.1) is 12.3 Å². The smallest absolute Gasteiger partial charge is 0.322 e. The summed E-state index contributed by atoms with van der Waals surface area (Å²) in [5, 5.41) is 18.3. The number of thiophene rings is 1. The first kappa shape index (κ1) is 11.6. The van der Waals surface area contributed by atoms with Gasteiger partial charge in [0, 0.05) is 6.54 Å². The van der Waals surface area contributed by atoms with Crippen molar-refractivity contribution in [3.63, 3.8) is 0 Å². The molecule has 17 heavy (non-hydrogen) atoms. The Balaban J connectivity index is 1.76. The molecule has 0 radical (unpaired) electrons. The molecule has 0 aliphatic heterocycles. The second-order valence-corrected chi connectivity index (χ2v) is 4.02. The average Bonchev–Trinajstić information content (AvgIpc) is 2.97. The Kier molecular flexibility index (Phi) is 3.73. The zero-order valence-electron chi connectivity index (χ0n) is 8.79. The number of amides is 2. The molecule has 0 unspecified atom stereocenters. The predicted octanol–water partition coefficient (Wildman–Crippen LogP) is 1.59. The van der Waals surface area contributed by atoms with E-state index in [4.69, 9.17) is 4.42 Å². The molecule has 2 rings (SSSR count). The van der Waals surface area contributed by atoms with Gasteiger partial charge in [-0.1, -0.05) is 0 Å². The molecule has 6 nitrogen and oxygen atoms in total. The van der Waals surface area contributed by atoms with E-state index < -0.39 is 12.1 Å². The van der Waals surface area contributed by atoms with Crippen molar-refractivity contribution < 1.29 is 14.3 Å². The fourth-order valence-electron chi connectivity index (χ4n) is 1.20. The van der Waals surface area contributed by atoms with Crippen LogP contribution in [0.5, 0.6) is 0 Å². The number of aliphatic hydroxyl groups excluding tert-OH is 1. The number of nitrogens with zero attached hydrogens (tertiary/aromatic N) is 1. The van der Waals surface area contributed by atoms with Crippen LogP contribution in [0.4, 0.5) is 10.8 Å². The fraction of sp³-hybridized carbons (Fsp3) is 0.200. The molecule has 0 saturated carbocycles. The number of aromatic nitrogens is 1. The molecule has 1 atom stereocenters. The van der Waals surface area contributed by atoms with Crippen LogP contribution < -0.4 is 10.6 Å². The van der Waals surface area contributed by atoms with Crippen LogP contribution in [0.2, 0.25) is 0 Å². The minimum Gasteiger partial charge on any atom is -0.432 e. The topological polar surface area (TPSA) is 87.4 Å². The van der Waals surface area contributed by atoms with Gasteiger partial charge >= 0.3 is 12.0 Å². The molecule has 0 bridgehead atoms. The zero-order chi connectivity index (χ0) is 12.1. The fourth-order valence-corrected chi connectivity index (χ4v) is 1.91. The van der Waals surface area contributed by atoms with E-state index in [-0.39, 0.29) is 12.6 Å².